The molecule has 0 saturated carbocycles. The molecule has 1 aromatic carbocycles. The van der Waals surface area contributed by atoms with Crippen molar-refractivity contribution in [3.05, 3.63) is 22.2 Å². The first-order valence-electron chi connectivity index (χ1n) is 6.76. The first-order valence-corrected chi connectivity index (χ1v) is 7.55. The van der Waals surface area contributed by atoms with Crippen LogP contribution in [0.2, 0.25) is 0 Å². The third kappa shape index (κ3) is 2.73. The van der Waals surface area contributed by atoms with Gasteiger partial charge in [0.05, 0.1) is 23.8 Å². The smallest absolute Gasteiger partial charge is 0.175 e. The topological polar surface area (TPSA) is 50.7 Å². The van der Waals surface area contributed by atoms with Gasteiger partial charge in [0.25, 0.3) is 0 Å². The Morgan fingerprint density at radius 1 is 1.26 bits per heavy atom. The number of benzene rings is 1. The highest BCUT2D eigenvalue weighted by Gasteiger charge is 2.26. The fourth-order valence-corrected chi connectivity index (χ4v) is 3.21. The number of ether oxygens (including phenoxy) is 2. The summed E-state index contributed by atoms with van der Waals surface area (Å²) in [6, 6.07) is 3.96. The van der Waals surface area contributed by atoms with E-state index < -0.39 is 6.10 Å². The molecule has 2 unspecified atom stereocenters. The Morgan fingerprint density at radius 3 is 2.89 bits per heavy atom. The molecular weight excluding hydrogens is 310 g/mol. The molecule has 5 heteroatoms. The molecule has 0 radical (unpaired) electrons. The molecule has 1 fully saturated rings. The zero-order chi connectivity index (χ0) is 13.2. The van der Waals surface area contributed by atoms with Crippen LogP contribution in [0.15, 0.2) is 16.6 Å². The average Bonchev–Trinajstić information content (AvgIpc) is 2.83. The van der Waals surface area contributed by atoms with Crippen molar-refractivity contribution < 1.29 is 14.6 Å². The zero-order valence-electron chi connectivity index (χ0n) is 10.7. The molecule has 1 aromatic rings. The number of hydrogen-bond donors (Lipinski definition) is 2. The predicted molar refractivity (Wildman–Crippen MR) is 75.7 cm³/mol. The van der Waals surface area contributed by atoms with Crippen molar-refractivity contribution in [3.8, 4) is 11.5 Å². The summed E-state index contributed by atoms with van der Waals surface area (Å²) in [4.78, 5) is 0. The molecule has 104 valence electrons. The lowest BCUT2D eigenvalue weighted by molar-refractivity contribution is 0.137. The summed E-state index contributed by atoms with van der Waals surface area (Å²) < 4.78 is 12.2. The van der Waals surface area contributed by atoms with E-state index >= 15 is 0 Å². The van der Waals surface area contributed by atoms with E-state index in [1.165, 1.54) is 0 Å². The van der Waals surface area contributed by atoms with Crippen LogP contribution in [-0.2, 0) is 0 Å². The van der Waals surface area contributed by atoms with Crippen molar-refractivity contribution in [2.24, 2.45) is 0 Å². The van der Waals surface area contributed by atoms with E-state index in [4.69, 9.17) is 9.47 Å². The Morgan fingerprint density at radius 2 is 2.11 bits per heavy atom. The fourth-order valence-electron chi connectivity index (χ4n) is 2.63. The van der Waals surface area contributed by atoms with Crippen molar-refractivity contribution in [1.82, 2.24) is 5.32 Å². The van der Waals surface area contributed by atoms with Gasteiger partial charge in [-0.25, -0.2) is 0 Å². The van der Waals surface area contributed by atoms with Gasteiger partial charge in [-0.2, -0.15) is 0 Å². The first kappa shape index (κ1) is 13.2. The Hall–Kier alpha value is -0.780. The van der Waals surface area contributed by atoms with Gasteiger partial charge in [0.2, 0.25) is 0 Å². The van der Waals surface area contributed by atoms with Gasteiger partial charge in [0.1, 0.15) is 0 Å². The maximum absolute atomic E-state index is 10.4. The summed E-state index contributed by atoms with van der Waals surface area (Å²) in [5.41, 5.74) is 0.871. The van der Waals surface area contributed by atoms with Crippen LogP contribution in [0.25, 0.3) is 0 Å². The van der Waals surface area contributed by atoms with Gasteiger partial charge in [-0.05, 0) is 53.0 Å². The summed E-state index contributed by atoms with van der Waals surface area (Å²) in [6.07, 6.45) is 2.50. The quantitative estimate of drug-likeness (QED) is 0.875. The molecule has 2 atom stereocenters. The molecule has 2 aliphatic rings. The Kier molecular flexibility index (Phi) is 3.96. The number of nitrogens with one attached hydrogen (secondary N) is 1. The summed E-state index contributed by atoms with van der Waals surface area (Å²) >= 11 is 3.51. The van der Waals surface area contributed by atoms with E-state index in [1.807, 2.05) is 12.1 Å². The second kappa shape index (κ2) is 5.69. The van der Waals surface area contributed by atoms with Crippen LogP contribution < -0.4 is 14.8 Å². The Bertz CT molecular complexity index is 460. The van der Waals surface area contributed by atoms with E-state index in [1.54, 1.807) is 0 Å². The lowest BCUT2D eigenvalue weighted by atomic mass is 10.0. The highest BCUT2D eigenvalue weighted by molar-refractivity contribution is 9.10. The third-order valence-electron chi connectivity index (χ3n) is 3.65. The number of hydrogen-bond acceptors (Lipinski definition) is 4. The van der Waals surface area contributed by atoms with Gasteiger partial charge in [-0.1, -0.05) is 0 Å². The average molecular weight is 328 g/mol. The Balaban J connectivity index is 1.89. The number of rotatable bonds is 2. The molecule has 3 rings (SSSR count). The largest absolute Gasteiger partial charge is 0.490 e. The zero-order valence-corrected chi connectivity index (χ0v) is 12.3. The Labute approximate surface area is 121 Å². The molecule has 1 saturated heterocycles. The number of aliphatic hydroxyl groups excluding tert-OH is 1. The van der Waals surface area contributed by atoms with Crippen LogP contribution in [0.1, 0.15) is 30.9 Å². The van der Waals surface area contributed by atoms with E-state index in [0.717, 1.165) is 47.3 Å². The lowest BCUT2D eigenvalue weighted by Gasteiger charge is -2.20. The standard InChI is InChI=1S/C14H18BrNO3/c15-10-7-9(13(17)11-3-1-4-16-11)8-12-14(10)19-6-2-5-18-12/h7-8,11,13,16-17H,1-6H2. The van der Waals surface area contributed by atoms with Crippen molar-refractivity contribution in [3.63, 3.8) is 0 Å². The minimum absolute atomic E-state index is 0.136. The fraction of sp³-hybridized carbons (Fsp3) is 0.571. The van der Waals surface area contributed by atoms with Crippen molar-refractivity contribution in [1.29, 1.82) is 0 Å². The lowest BCUT2D eigenvalue weighted by Crippen LogP contribution is -2.28. The van der Waals surface area contributed by atoms with E-state index in [9.17, 15) is 5.11 Å². The van der Waals surface area contributed by atoms with Gasteiger partial charge < -0.3 is 19.9 Å². The normalized spacial score (nSPS) is 24.0. The van der Waals surface area contributed by atoms with Crippen LogP contribution in [0.5, 0.6) is 11.5 Å². The van der Waals surface area contributed by atoms with Crippen molar-refractivity contribution in [2.45, 2.75) is 31.4 Å². The van der Waals surface area contributed by atoms with Crippen LogP contribution in [-0.4, -0.2) is 30.9 Å². The molecule has 0 aliphatic carbocycles. The highest BCUT2D eigenvalue weighted by atomic mass is 79.9. The van der Waals surface area contributed by atoms with Gasteiger partial charge in [-0.3, -0.25) is 0 Å². The third-order valence-corrected chi connectivity index (χ3v) is 4.23. The van der Waals surface area contributed by atoms with Gasteiger partial charge in [0.15, 0.2) is 11.5 Å². The van der Waals surface area contributed by atoms with E-state index in [0.29, 0.717) is 13.2 Å². The molecule has 0 aromatic heterocycles. The molecule has 19 heavy (non-hydrogen) atoms. The van der Waals surface area contributed by atoms with Gasteiger partial charge >= 0.3 is 0 Å². The maximum Gasteiger partial charge on any atom is 0.175 e. The minimum atomic E-state index is -0.504. The van der Waals surface area contributed by atoms with E-state index in [2.05, 4.69) is 21.2 Å². The summed E-state index contributed by atoms with van der Waals surface area (Å²) in [7, 11) is 0. The number of aliphatic hydroxyl groups is 1. The molecule has 0 amide bonds. The number of fused-ring (bicyclic) bond motifs is 1. The van der Waals surface area contributed by atoms with Crippen LogP contribution in [0.3, 0.4) is 0 Å². The molecule has 2 N–H and O–H groups in total. The summed E-state index contributed by atoms with van der Waals surface area (Å²) in [6.45, 7) is 2.30. The van der Waals surface area contributed by atoms with Crippen molar-refractivity contribution >= 4 is 15.9 Å². The molecule has 2 heterocycles. The molecular formula is C14H18BrNO3. The van der Waals surface area contributed by atoms with Crippen molar-refractivity contribution in [2.75, 3.05) is 19.8 Å². The van der Waals surface area contributed by atoms with E-state index in [-0.39, 0.29) is 6.04 Å². The SMILES string of the molecule is OC(c1cc(Br)c2c(c1)OCCCO2)C1CCCN1. The molecule has 2 aliphatic heterocycles. The second-order valence-corrected chi connectivity index (χ2v) is 5.88. The molecule has 4 nitrogen and oxygen atoms in total. The minimum Gasteiger partial charge on any atom is -0.490 e. The first-order chi connectivity index (χ1) is 9.25. The van der Waals surface area contributed by atoms with Gasteiger partial charge in [0, 0.05) is 12.5 Å². The summed E-state index contributed by atoms with van der Waals surface area (Å²) in [5, 5.41) is 13.8. The van der Waals surface area contributed by atoms with Crippen LogP contribution in [0, 0.1) is 0 Å². The van der Waals surface area contributed by atoms with Gasteiger partial charge in [-0.15, -0.1) is 0 Å². The van der Waals surface area contributed by atoms with Crippen LogP contribution >= 0.6 is 15.9 Å². The number of halogens is 1. The predicted octanol–water partition coefficient (Wildman–Crippen LogP) is 2.40. The highest BCUT2D eigenvalue weighted by Crippen LogP contribution is 2.40. The molecule has 0 spiro atoms. The van der Waals surface area contributed by atoms with Crippen LogP contribution in [0.4, 0.5) is 0 Å². The second-order valence-electron chi connectivity index (χ2n) is 5.03. The molecule has 0 bridgehead atoms. The summed E-state index contributed by atoms with van der Waals surface area (Å²) in [5.74, 6) is 1.46. The monoisotopic (exact) mass is 327 g/mol. The maximum atomic E-state index is 10.4.